The quantitative estimate of drug-likeness (QED) is 0.562. The number of hydrogen-bond acceptors (Lipinski definition) is 3. The van der Waals surface area contributed by atoms with E-state index in [0.29, 0.717) is 5.92 Å². The van der Waals surface area contributed by atoms with Crippen molar-refractivity contribution in [1.29, 1.82) is 0 Å². The van der Waals surface area contributed by atoms with Crippen LogP contribution in [0.25, 0.3) is 0 Å². The van der Waals surface area contributed by atoms with Crippen molar-refractivity contribution in [3.8, 4) is 0 Å². The van der Waals surface area contributed by atoms with E-state index in [1.807, 2.05) is 6.08 Å². The monoisotopic (exact) mass is 266 g/mol. The number of rotatable bonds is 2. The molecule has 3 heteroatoms. The summed E-state index contributed by atoms with van der Waals surface area (Å²) in [5.74, 6) is 0.676. The maximum atomic E-state index is 12.1. The van der Waals surface area contributed by atoms with Crippen molar-refractivity contribution >= 4 is 17.7 Å². The van der Waals surface area contributed by atoms with Crippen molar-refractivity contribution in [3.05, 3.63) is 12.7 Å². The number of ether oxygens (including phenoxy) is 1. The first-order chi connectivity index (χ1) is 8.36. The average Bonchev–Trinajstić information content (AvgIpc) is 2.76. The summed E-state index contributed by atoms with van der Waals surface area (Å²) in [5, 5.41) is -0.0329. The number of esters is 1. The van der Waals surface area contributed by atoms with Crippen molar-refractivity contribution in [2.24, 2.45) is 16.7 Å². The maximum absolute atomic E-state index is 12.1. The van der Waals surface area contributed by atoms with Crippen molar-refractivity contribution in [3.63, 3.8) is 0 Å². The van der Waals surface area contributed by atoms with Gasteiger partial charge in [0.15, 0.2) is 4.93 Å². The third kappa shape index (κ3) is 1.24. The summed E-state index contributed by atoms with van der Waals surface area (Å²) in [6.07, 6.45) is 6.08. The van der Waals surface area contributed by atoms with Crippen LogP contribution in [0.2, 0.25) is 0 Å². The molecule has 2 saturated carbocycles. The fraction of sp³-hybridized carbons (Fsp3) is 0.800. The lowest BCUT2D eigenvalue weighted by atomic mass is 9.69. The Hall–Kier alpha value is -0.440. The minimum atomic E-state index is -0.260. The molecule has 0 radical (unpaired) electrons. The normalized spacial score (nSPS) is 48.7. The Bertz CT molecular complexity index is 417. The SMILES string of the molecule is C=CC[C@@H]1S[C@@]2(C[C@@H]3CC[C@@]2(C)C3(C)C)OC1=O. The molecule has 0 aromatic rings. The van der Waals surface area contributed by atoms with Gasteiger partial charge in [-0.15, -0.1) is 6.58 Å². The Morgan fingerprint density at radius 1 is 1.50 bits per heavy atom. The van der Waals surface area contributed by atoms with Crippen LogP contribution in [-0.4, -0.2) is 16.2 Å². The van der Waals surface area contributed by atoms with Gasteiger partial charge in [0.2, 0.25) is 0 Å². The lowest BCUT2D eigenvalue weighted by molar-refractivity contribution is -0.156. The Kier molecular flexibility index (Phi) is 2.49. The van der Waals surface area contributed by atoms with E-state index in [2.05, 4.69) is 27.4 Å². The zero-order chi connectivity index (χ0) is 13.2. The van der Waals surface area contributed by atoms with E-state index in [1.165, 1.54) is 12.8 Å². The fourth-order valence-electron chi connectivity index (χ4n) is 4.34. The molecule has 2 aliphatic carbocycles. The molecule has 2 bridgehead atoms. The van der Waals surface area contributed by atoms with E-state index in [1.54, 1.807) is 11.8 Å². The van der Waals surface area contributed by atoms with Crippen LogP contribution >= 0.6 is 11.8 Å². The van der Waals surface area contributed by atoms with E-state index in [4.69, 9.17) is 4.74 Å². The van der Waals surface area contributed by atoms with Gasteiger partial charge in [-0.1, -0.05) is 38.6 Å². The van der Waals surface area contributed by atoms with Gasteiger partial charge in [0, 0.05) is 11.8 Å². The topological polar surface area (TPSA) is 26.3 Å². The second-order valence-electron chi connectivity index (χ2n) is 6.80. The molecule has 2 nitrogen and oxygen atoms in total. The van der Waals surface area contributed by atoms with E-state index in [-0.39, 0.29) is 27.0 Å². The third-order valence-corrected chi connectivity index (χ3v) is 7.78. The Labute approximate surface area is 114 Å². The summed E-state index contributed by atoms with van der Waals surface area (Å²) in [7, 11) is 0. The highest BCUT2D eigenvalue weighted by Crippen LogP contribution is 2.75. The molecule has 1 heterocycles. The summed E-state index contributed by atoms with van der Waals surface area (Å²) in [4.78, 5) is 11.8. The summed E-state index contributed by atoms with van der Waals surface area (Å²) in [5.41, 5.74) is 0.407. The summed E-state index contributed by atoms with van der Waals surface area (Å²) < 4.78 is 5.92. The molecular weight excluding hydrogens is 244 g/mol. The molecule has 3 rings (SSSR count). The van der Waals surface area contributed by atoms with E-state index < -0.39 is 0 Å². The number of allylic oxidation sites excluding steroid dienone is 1. The zero-order valence-corrected chi connectivity index (χ0v) is 12.3. The van der Waals surface area contributed by atoms with Crippen LogP contribution < -0.4 is 0 Å². The molecular formula is C15H22O2S. The zero-order valence-electron chi connectivity index (χ0n) is 11.5. The molecule has 0 amide bonds. The Morgan fingerprint density at radius 3 is 2.72 bits per heavy atom. The highest BCUT2D eigenvalue weighted by Gasteiger charge is 2.73. The van der Waals surface area contributed by atoms with Gasteiger partial charge >= 0.3 is 5.97 Å². The van der Waals surface area contributed by atoms with Crippen molar-refractivity contribution in [2.75, 3.05) is 0 Å². The molecule has 18 heavy (non-hydrogen) atoms. The third-order valence-electron chi connectivity index (χ3n) is 6.03. The smallest absolute Gasteiger partial charge is 0.320 e. The van der Waals surface area contributed by atoms with E-state index in [9.17, 15) is 4.79 Å². The molecule has 4 atom stereocenters. The summed E-state index contributed by atoms with van der Waals surface area (Å²) >= 11 is 1.77. The number of thioether (sulfide) groups is 1. The predicted molar refractivity (Wildman–Crippen MR) is 74.2 cm³/mol. The van der Waals surface area contributed by atoms with Crippen molar-refractivity contribution in [2.45, 2.75) is 56.6 Å². The number of carbonyl (C=O) groups is 1. The summed E-state index contributed by atoms with van der Waals surface area (Å²) in [6.45, 7) is 10.8. The van der Waals surface area contributed by atoms with Gasteiger partial charge in [-0.25, -0.2) is 0 Å². The van der Waals surface area contributed by atoms with Crippen LogP contribution in [0.15, 0.2) is 12.7 Å². The lowest BCUT2D eigenvalue weighted by Crippen LogP contribution is -2.44. The standard InChI is InChI=1S/C15H22O2S/c1-5-6-11-12(16)17-15(18-11)9-10-7-8-14(15,4)13(10,2)3/h5,10-11H,1,6-9H2,2-4H3/t10-,11-,14-,15+/m0/s1. The highest BCUT2D eigenvalue weighted by molar-refractivity contribution is 8.02. The van der Waals surface area contributed by atoms with Crippen LogP contribution in [-0.2, 0) is 9.53 Å². The summed E-state index contributed by atoms with van der Waals surface area (Å²) in [6, 6.07) is 0. The number of carbonyl (C=O) groups excluding carboxylic acids is 1. The van der Waals surface area contributed by atoms with Crippen LogP contribution in [0.3, 0.4) is 0 Å². The average molecular weight is 266 g/mol. The van der Waals surface area contributed by atoms with Gasteiger partial charge in [0.05, 0.1) is 0 Å². The molecule has 1 saturated heterocycles. The van der Waals surface area contributed by atoms with Gasteiger partial charge in [0.1, 0.15) is 5.25 Å². The van der Waals surface area contributed by atoms with Gasteiger partial charge in [-0.2, -0.15) is 0 Å². The minimum absolute atomic E-state index is 0.0236. The van der Waals surface area contributed by atoms with Gasteiger partial charge in [-0.05, 0) is 30.6 Å². The van der Waals surface area contributed by atoms with E-state index >= 15 is 0 Å². The van der Waals surface area contributed by atoms with Crippen molar-refractivity contribution < 1.29 is 9.53 Å². The molecule has 100 valence electrons. The largest absolute Gasteiger partial charge is 0.446 e. The molecule has 0 aromatic heterocycles. The van der Waals surface area contributed by atoms with Crippen LogP contribution in [0.1, 0.15) is 46.5 Å². The molecule has 1 spiro atoms. The molecule has 0 unspecified atom stereocenters. The first-order valence-electron chi connectivity index (χ1n) is 6.88. The second-order valence-corrected chi connectivity index (χ2v) is 8.26. The fourth-order valence-corrected chi connectivity index (χ4v) is 6.23. The Morgan fingerprint density at radius 2 is 2.22 bits per heavy atom. The molecule has 3 aliphatic rings. The van der Waals surface area contributed by atoms with Crippen LogP contribution in [0.4, 0.5) is 0 Å². The van der Waals surface area contributed by atoms with Crippen LogP contribution in [0.5, 0.6) is 0 Å². The Balaban J connectivity index is 1.95. The molecule has 0 N–H and O–H groups in total. The van der Waals surface area contributed by atoms with Gasteiger partial charge in [-0.3, -0.25) is 4.79 Å². The second kappa shape index (κ2) is 3.56. The van der Waals surface area contributed by atoms with Crippen LogP contribution in [0, 0.1) is 16.7 Å². The van der Waals surface area contributed by atoms with Crippen molar-refractivity contribution in [1.82, 2.24) is 0 Å². The lowest BCUT2D eigenvalue weighted by Gasteiger charge is -2.44. The maximum Gasteiger partial charge on any atom is 0.320 e. The van der Waals surface area contributed by atoms with Gasteiger partial charge < -0.3 is 4.74 Å². The minimum Gasteiger partial charge on any atom is -0.446 e. The molecule has 0 aromatic carbocycles. The highest BCUT2D eigenvalue weighted by atomic mass is 32.2. The first-order valence-corrected chi connectivity index (χ1v) is 7.76. The molecule has 3 fully saturated rings. The number of hydrogen-bond donors (Lipinski definition) is 0. The first kappa shape index (κ1) is 12.6. The molecule has 1 aliphatic heterocycles. The van der Waals surface area contributed by atoms with Gasteiger partial charge in [0.25, 0.3) is 0 Å². The number of fused-ring (bicyclic) bond motifs is 3. The van der Waals surface area contributed by atoms with E-state index in [0.717, 1.165) is 12.8 Å². The predicted octanol–water partition coefficient (Wildman–Crippen LogP) is 3.76.